The zero-order chi connectivity index (χ0) is 19.3. The molecule has 0 unspecified atom stereocenters. The molecular weight excluding hydrogens is 354 g/mol. The first-order valence-corrected chi connectivity index (χ1v) is 9.91. The number of fused-ring (bicyclic) bond motifs is 1. The van der Waals surface area contributed by atoms with E-state index in [-0.39, 0.29) is 24.8 Å². The topological polar surface area (TPSA) is 73.8 Å². The highest BCUT2D eigenvalue weighted by Gasteiger charge is 2.37. The van der Waals surface area contributed by atoms with Crippen LogP contribution >= 0.6 is 0 Å². The molecule has 2 aliphatic rings. The van der Waals surface area contributed by atoms with Crippen molar-refractivity contribution in [3.8, 4) is 11.1 Å². The molecule has 148 valence electrons. The summed E-state index contributed by atoms with van der Waals surface area (Å²) in [6.07, 6.45) is 1.64. The van der Waals surface area contributed by atoms with Gasteiger partial charge in [-0.2, -0.15) is 0 Å². The Hall–Kier alpha value is -2.41. The summed E-state index contributed by atoms with van der Waals surface area (Å²) >= 11 is 0. The average Bonchev–Trinajstić information content (AvgIpc) is 3.10. The molecule has 0 spiro atoms. The van der Waals surface area contributed by atoms with Crippen LogP contribution in [0.4, 0.5) is 10.5 Å². The minimum Gasteiger partial charge on any atom is -0.396 e. The minimum absolute atomic E-state index is 0.0894. The van der Waals surface area contributed by atoms with E-state index in [1.807, 2.05) is 54.6 Å². The maximum absolute atomic E-state index is 12.6. The standard InChI is InChI=1S/C22H27N3O3/c26-11-10-19-14-25-13-17(12-18(25)15-28-19)23-22(27)24-21-9-5-4-8-20(21)16-6-2-1-3-7-16/h1-9,17-19,26H,10-15H2,(H2,23,24,27)/t17-,18-,19-/m0/s1. The Bertz CT molecular complexity index is 799. The molecule has 2 fully saturated rings. The summed E-state index contributed by atoms with van der Waals surface area (Å²) in [5, 5.41) is 15.2. The Morgan fingerprint density at radius 2 is 1.89 bits per heavy atom. The van der Waals surface area contributed by atoms with E-state index < -0.39 is 0 Å². The van der Waals surface area contributed by atoms with E-state index in [0.29, 0.717) is 19.1 Å². The van der Waals surface area contributed by atoms with Crippen LogP contribution < -0.4 is 10.6 Å². The third-order valence-corrected chi connectivity index (χ3v) is 5.54. The Labute approximate surface area is 165 Å². The smallest absolute Gasteiger partial charge is 0.319 e. The van der Waals surface area contributed by atoms with Crippen molar-refractivity contribution in [2.45, 2.75) is 31.0 Å². The van der Waals surface area contributed by atoms with Crippen molar-refractivity contribution < 1.29 is 14.6 Å². The third kappa shape index (κ3) is 4.35. The number of benzene rings is 2. The number of nitrogens with zero attached hydrogens (tertiary/aromatic N) is 1. The lowest BCUT2D eigenvalue weighted by atomic mass is 10.0. The number of para-hydroxylation sites is 1. The van der Waals surface area contributed by atoms with Gasteiger partial charge in [0, 0.05) is 37.3 Å². The van der Waals surface area contributed by atoms with E-state index in [1.54, 1.807) is 0 Å². The maximum Gasteiger partial charge on any atom is 0.319 e. The Balaban J connectivity index is 1.36. The van der Waals surface area contributed by atoms with Gasteiger partial charge in [-0.3, -0.25) is 4.90 Å². The fourth-order valence-electron chi connectivity index (χ4n) is 4.17. The first-order chi connectivity index (χ1) is 13.7. The van der Waals surface area contributed by atoms with Crippen LogP contribution in [0, 0.1) is 0 Å². The highest BCUT2D eigenvalue weighted by Crippen LogP contribution is 2.28. The van der Waals surface area contributed by atoms with E-state index in [1.165, 1.54) is 0 Å². The largest absolute Gasteiger partial charge is 0.396 e. The zero-order valence-electron chi connectivity index (χ0n) is 15.9. The number of amides is 2. The Kier molecular flexibility index (Phi) is 5.90. The number of urea groups is 1. The number of rotatable bonds is 5. The summed E-state index contributed by atoms with van der Waals surface area (Å²) in [6, 6.07) is 18.2. The number of carbonyl (C=O) groups is 1. The first kappa shape index (κ1) is 18.9. The molecule has 2 heterocycles. The van der Waals surface area contributed by atoms with E-state index in [9.17, 15) is 4.79 Å². The molecule has 2 aromatic rings. The van der Waals surface area contributed by atoms with Crippen LogP contribution in [0.1, 0.15) is 12.8 Å². The zero-order valence-corrected chi connectivity index (χ0v) is 15.9. The molecule has 2 aliphatic heterocycles. The molecule has 0 aromatic heterocycles. The number of morpholine rings is 1. The van der Waals surface area contributed by atoms with E-state index >= 15 is 0 Å². The van der Waals surface area contributed by atoms with E-state index in [2.05, 4.69) is 15.5 Å². The summed E-state index contributed by atoms with van der Waals surface area (Å²) in [5.41, 5.74) is 2.87. The molecule has 3 atom stereocenters. The molecular formula is C22H27N3O3. The summed E-state index contributed by atoms with van der Waals surface area (Å²) < 4.78 is 5.82. The molecule has 2 aromatic carbocycles. The molecule has 0 bridgehead atoms. The lowest BCUT2D eigenvalue weighted by Crippen LogP contribution is -2.46. The highest BCUT2D eigenvalue weighted by molar-refractivity contribution is 5.94. The molecule has 6 nitrogen and oxygen atoms in total. The van der Waals surface area contributed by atoms with Gasteiger partial charge in [-0.15, -0.1) is 0 Å². The van der Waals surface area contributed by atoms with Gasteiger partial charge in [0.15, 0.2) is 0 Å². The molecule has 0 radical (unpaired) electrons. The Morgan fingerprint density at radius 3 is 2.71 bits per heavy atom. The van der Waals surface area contributed by atoms with Gasteiger partial charge < -0.3 is 20.5 Å². The second-order valence-electron chi connectivity index (χ2n) is 7.52. The van der Waals surface area contributed by atoms with E-state index in [4.69, 9.17) is 9.84 Å². The highest BCUT2D eigenvalue weighted by atomic mass is 16.5. The predicted octanol–water partition coefficient (Wildman–Crippen LogP) is 2.70. The van der Waals surface area contributed by atoms with Crippen molar-refractivity contribution in [3.05, 3.63) is 54.6 Å². The predicted molar refractivity (Wildman–Crippen MR) is 109 cm³/mol. The third-order valence-electron chi connectivity index (χ3n) is 5.54. The number of anilines is 1. The lowest BCUT2D eigenvalue weighted by Gasteiger charge is -2.34. The molecule has 0 saturated carbocycles. The fraction of sp³-hybridized carbons (Fsp3) is 0.409. The van der Waals surface area contributed by atoms with Crippen molar-refractivity contribution >= 4 is 11.7 Å². The Morgan fingerprint density at radius 1 is 1.11 bits per heavy atom. The van der Waals surface area contributed by atoms with Gasteiger partial charge >= 0.3 is 6.03 Å². The van der Waals surface area contributed by atoms with Crippen LogP contribution in [0.2, 0.25) is 0 Å². The SMILES string of the molecule is O=C(Nc1ccccc1-c1ccccc1)N[C@H]1C[C@H]2CO[C@@H](CCO)CN2C1. The number of carbonyl (C=O) groups excluding carboxylic acids is 1. The van der Waals surface area contributed by atoms with Crippen LogP contribution in [0.3, 0.4) is 0 Å². The second-order valence-corrected chi connectivity index (χ2v) is 7.52. The number of aliphatic hydroxyl groups excluding tert-OH is 1. The molecule has 28 heavy (non-hydrogen) atoms. The van der Waals surface area contributed by atoms with Gasteiger partial charge in [0.1, 0.15) is 0 Å². The number of ether oxygens (including phenoxy) is 1. The van der Waals surface area contributed by atoms with Gasteiger partial charge in [0.05, 0.1) is 18.4 Å². The van der Waals surface area contributed by atoms with Crippen molar-refractivity contribution in [2.24, 2.45) is 0 Å². The normalized spacial score (nSPS) is 24.5. The monoisotopic (exact) mass is 381 g/mol. The number of nitrogens with one attached hydrogen (secondary N) is 2. The van der Waals surface area contributed by atoms with Crippen LogP contribution in [0.25, 0.3) is 11.1 Å². The van der Waals surface area contributed by atoms with Crippen molar-refractivity contribution in [1.82, 2.24) is 10.2 Å². The van der Waals surface area contributed by atoms with Crippen LogP contribution in [0.15, 0.2) is 54.6 Å². The van der Waals surface area contributed by atoms with Gasteiger partial charge in [-0.25, -0.2) is 4.79 Å². The number of hydrogen-bond acceptors (Lipinski definition) is 4. The van der Waals surface area contributed by atoms with Gasteiger partial charge in [-0.1, -0.05) is 48.5 Å². The van der Waals surface area contributed by atoms with Crippen LogP contribution in [-0.4, -0.2) is 60.5 Å². The quantitative estimate of drug-likeness (QED) is 0.745. The second kappa shape index (κ2) is 8.73. The van der Waals surface area contributed by atoms with Gasteiger partial charge in [0.25, 0.3) is 0 Å². The summed E-state index contributed by atoms with van der Waals surface area (Å²) in [6.45, 7) is 2.46. The summed E-state index contributed by atoms with van der Waals surface area (Å²) in [4.78, 5) is 15.0. The number of hydrogen-bond donors (Lipinski definition) is 3. The minimum atomic E-state index is -0.180. The van der Waals surface area contributed by atoms with Crippen LogP contribution in [0.5, 0.6) is 0 Å². The molecule has 4 rings (SSSR count). The molecule has 6 heteroatoms. The van der Waals surface area contributed by atoms with Crippen LogP contribution in [-0.2, 0) is 4.74 Å². The molecule has 0 aliphatic carbocycles. The molecule has 2 amide bonds. The average molecular weight is 381 g/mol. The van der Waals surface area contributed by atoms with Gasteiger partial charge in [0.2, 0.25) is 0 Å². The summed E-state index contributed by atoms with van der Waals surface area (Å²) in [5.74, 6) is 0. The molecule has 2 saturated heterocycles. The van der Waals surface area contributed by atoms with E-state index in [0.717, 1.165) is 36.3 Å². The summed E-state index contributed by atoms with van der Waals surface area (Å²) in [7, 11) is 0. The van der Waals surface area contributed by atoms with Crippen molar-refractivity contribution in [3.63, 3.8) is 0 Å². The molecule has 3 N–H and O–H groups in total. The lowest BCUT2D eigenvalue weighted by molar-refractivity contribution is -0.0566. The van der Waals surface area contributed by atoms with Gasteiger partial charge in [-0.05, 0) is 24.5 Å². The number of aliphatic hydroxyl groups is 1. The first-order valence-electron chi connectivity index (χ1n) is 9.91. The maximum atomic E-state index is 12.6. The van der Waals surface area contributed by atoms with Crippen molar-refractivity contribution in [2.75, 3.05) is 31.6 Å². The fourth-order valence-corrected chi connectivity index (χ4v) is 4.17. The van der Waals surface area contributed by atoms with Crippen molar-refractivity contribution in [1.29, 1.82) is 0 Å².